The average molecular weight is 208 g/mol. The summed E-state index contributed by atoms with van der Waals surface area (Å²) in [7, 11) is 0. The third-order valence-corrected chi connectivity index (χ3v) is 4.99. The van der Waals surface area contributed by atoms with Crippen molar-refractivity contribution in [2.45, 2.75) is 50.5 Å². The second-order valence-corrected chi connectivity index (χ2v) is 5.83. The summed E-state index contributed by atoms with van der Waals surface area (Å²) in [6.45, 7) is 5.26. The summed E-state index contributed by atoms with van der Waals surface area (Å²) >= 11 is 0. The van der Waals surface area contributed by atoms with Crippen LogP contribution in [0.15, 0.2) is 0 Å². The second kappa shape index (κ2) is 4.06. The van der Waals surface area contributed by atoms with Crippen molar-refractivity contribution >= 4 is 0 Å². The van der Waals surface area contributed by atoms with Gasteiger partial charge in [-0.05, 0) is 51.2 Å². The summed E-state index contributed by atoms with van der Waals surface area (Å²) in [5.74, 6) is 1.08. The van der Waals surface area contributed by atoms with Gasteiger partial charge in [-0.15, -0.1) is 0 Å². The Hall–Kier alpha value is -0.0800. The predicted molar refractivity (Wildman–Crippen MR) is 63.0 cm³/mol. The maximum Gasteiger partial charge on any atom is 0.0346 e. The van der Waals surface area contributed by atoms with E-state index >= 15 is 0 Å². The van der Waals surface area contributed by atoms with Gasteiger partial charge in [-0.3, -0.25) is 4.90 Å². The zero-order valence-corrected chi connectivity index (χ0v) is 9.80. The number of hydrogen-bond acceptors (Lipinski definition) is 2. The standard InChI is InChI=1S/C13H24N2/c1-3-12(4-1)5-10-15-9-2-6-13(15)7-8-14-11-13/h12,14H,1-11H2. The first-order valence-electron chi connectivity index (χ1n) is 6.85. The van der Waals surface area contributed by atoms with Crippen LogP contribution in [0.25, 0.3) is 0 Å². The monoisotopic (exact) mass is 208 g/mol. The molecule has 0 amide bonds. The van der Waals surface area contributed by atoms with Gasteiger partial charge in [0, 0.05) is 12.1 Å². The molecule has 1 unspecified atom stereocenters. The van der Waals surface area contributed by atoms with Crippen LogP contribution in [0.2, 0.25) is 0 Å². The van der Waals surface area contributed by atoms with Crippen LogP contribution in [0.5, 0.6) is 0 Å². The molecule has 2 heterocycles. The molecule has 1 spiro atoms. The van der Waals surface area contributed by atoms with Crippen LogP contribution in [-0.4, -0.2) is 36.6 Å². The molecule has 86 valence electrons. The number of likely N-dealkylation sites (tertiary alicyclic amines) is 1. The molecular weight excluding hydrogens is 184 g/mol. The normalized spacial score (nSPS) is 37.6. The van der Waals surface area contributed by atoms with E-state index in [-0.39, 0.29) is 0 Å². The first-order valence-corrected chi connectivity index (χ1v) is 6.85. The molecule has 0 bridgehead atoms. The van der Waals surface area contributed by atoms with Gasteiger partial charge in [-0.1, -0.05) is 19.3 Å². The lowest BCUT2D eigenvalue weighted by Crippen LogP contribution is -2.46. The molecule has 0 aromatic carbocycles. The summed E-state index contributed by atoms with van der Waals surface area (Å²) in [6, 6.07) is 0. The Morgan fingerprint density at radius 1 is 1.20 bits per heavy atom. The van der Waals surface area contributed by atoms with Crippen LogP contribution in [0.3, 0.4) is 0 Å². The summed E-state index contributed by atoms with van der Waals surface area (Å²) in [5.41, 5.74) is 0.587. The Balaban J connectivity index is 1.54. The van der Waals surface area contributed by atoms with Crippen LogP contribution in [-0.2, 0) is 0 Å². The number of nitrogens with zero attached hydrogens (tertiary/aromatic N) is 1. The Labute approximate surface area is 93.4 Å². The van der Waals surface area contributed by atoms with Crippen LogP contribution in [0.1, 0.15) is 44.9 Å². The molecule has 0 aromatic rings. The highest BCUT2D eigenvalue weighted by Gasteiger charge is 2.42. The SMILES string of the molecule is C1CC(CCN2CCCC23CCNC3)C1. The molecule has 0 aromatic heterocycles. The van der Waals surface area contributed by atoms with Gasteiger partial charge >= 0.3 is 0 Å². The molecule has 2 heteroatoms. The highest BCUT2D eigenvalue weighted by atomic mass is 15.3. The average Bonchev–Trinajstić information content (AvgIpc) is 2.76. The van der Waals surface area contributed by atoms with Gasteiger partial charge in [0.15, 0.2) is 0 Å². The van der Waals surface area contributed by atoms with Crippen molar-refractivity contribution in [1.29, 1.82) is 0 Å². The van der Waals surface area contributed by atoms with Crippen LogP contribution >= 0.6 is 0 Å². The maximum atomic E-state index is 3.56. The molecular formula is C13H24N2. The molecule has 0 radical (unpaired) electrons. The first kappa shape index (κ1) is 10.1. The molecule has 1 saturated carbocycles. The third kappa shape index (κ3) is 1.83. The molecule has 1 N–H and O–H groups in total. The van der Waals surface area contributed by atoms with Crippen LogP contribution < -0.4 is 5.32 Å². The summed E-state index contributed by atoms with van der Waals surface area (Å²) in [4.78, 5) is 2.81. The van der Waals surface area contributed by atoms with Crippen molar-refractivity contribution in [2.75, 3.05) is 26.2 Å². The van der Waals surface area contributed by atoms with Gasteiger partial charge in [-0.2, -0.15) is 0 Å². The first-order chi connectivity index (χ1) is 7.39. The van der Waals surface area contributed by atoms with Crippen LogP contribution in [0.4, 0.5) is 0 Å². The number of rotatable bonds is 3. The zero-order valence-electron chi connectivity index (χ0n) is 9.80. The van der Waals surface area contributed by atoms with Gasteiger partial charge in [0.25, 0.3) is 0 Å². The van der Waals surface area contributed by atoms with E-state index < -0.39 is 0 Å². The molecule has 2 saturated heterocycles. The van der Waals surface area contributed by atoms with E-state index in [0.29, 0.717) is 5.54 Å². The molecule has 3 fully saturated rings. The van der Waals surface area contributed by atoms with Crippen molar-refractivity contribution in [1.82, 2.24) is 10.2 Å². The number of nitrogens with one attached hydrogen (secondary N) is 1. The molecule has 1 aliphatic carbocycles. The predicted octanol–water partition coefficient (Wildman–Crippen LogP) is 2.00. The van der Waals surface area contributed by atoms with Crippen molar-refractivity contribution < 1.29 is 0 Å². The van der Waals surface area contributed by atoms with Gasteiger partial charge in [0.2, 0.25) is 0 Å². The fourth-order valence-corrected chi connectivity index (χ4v) is 3.68. The third-order valence-electron chi connectivity index (χ3n) is 4.99. The van der Waals surface area contributed by atoms with Gasteiger partial charge in [-0.25, -0.2) is 0 Å². The number of hydrogen-bond donors (Lipinski definition) is 1. The topological polar surface area (TPSA) is 15.3 Å². The summed E-state index contributed by atoms with van der Waals surface area (Å²) in [5, 5.41) is 3.56. The van der Waals surface area contributed by atoms with E-state index in [1.807, 2.05) is 0 Å². The van der Waals surface area contributed by atoms with E-state index in [2.05, 4.69) is 10.2 Å². The van der Waals surface area contributed by atoms with Crippen molar-refractivity contribution in [3.8, 4) is 0 Å². The molecule has 1 atom stereocenters. The molecule has 2 aliphatic heterocycles. The van der Waals surface area contributed by atoms with Crippen molar-refractivity contribution in [3.05, 3.63) is 0 Å². The molecule has 3 aliphatic rings. The minimum Gasteiger partial charge on any atom is -0.315 e. The summed E-state index contributed by atoms with van der Waals surface area (Å²) < 4.78 is 0. The highest BCUT2D eigenvalue weighted by molar-refractivity contribution is 5.01. The van der Waals surface area contributed by atoms with E-state index in [4.69, 9.17) is 0 Å². The zero-order chi connectivity index (χ0) is 10.1. The highest BCUT2D eigenvalue weighted by Crippen LogP contribution is 2.36. The Bertz CT molecular complexity index is 211. The van der Waals surface area contributed by atoms with Gasteiger partial charge in [0.1, 0.15) is 0 Å². The van der Waals surface area contributed by atoms with E-state index in [1.54, 1.807) is 0 Å². The lowest BCUT2D eigenvalue weighted by Gasteiger charge is -2.36. The van der Waals surface area contributed by atoms with Crippen molar-refractivity contribution in [3.63, 3.8) is 0 Å². The summed E-state index contributed by atoms with van der Waals surface area (Å²) in [6.07, 6.45) is 10.3. The van der Waals surface area contributed by atoms with E-state index in [9.17, 15) is 0 Å². The molecule has 2 nitrogen and oxygen atoms in total. The van der Waals surface area contributed by atoms with Gasteiger partial charge in [0.05, 0.1) is 0 Å². The minimum absolute atomic E-state index is 0.587. The smallest absolute Gasteiger partial charge is 0.0346 e. The van der Waals surface area contributed by atoms with Crippen molar-refractivity contribution in [2.24, 2.45) is 5.92 Å². The largest absolute Gasteiger partial charge is 0.315 e. The lowest BCUT2D eigenvalue weighted by atomic mass is 9.82. The minimum atomic E-state index is 0.587. The Morgan fingerprint density at radius 3 is 2.80 bits per heavy atom. The molecule has 15 heavy (non-hydrogen) atoms. The van der Waals surface area contributed by atoms with Gasteiger partial charge < -0.3 is 5.32 Å². The second-order valence-electron chi connectivity index (χ2n) is 5.83. The fraction of sp³-hybridized carbons (Fsp3) is 1.00. The maximum absolute atomic E-state index is 3.56. The van der Waals surface area contributed by atoms with Crippen LogP contribution in [0, 0.1) is 5.92 Å². The van der Waals surface area contributed by atoms with E-state index in [1.165, 1.54) is 71.1 Å². The Morgan fingerprint density at radius 2 is 2.13 bits per heavy atom. The quantitative estimate of drug-likeness (QED) is 0.763. The lowest BCUT2D eigenvalue weighted by molar-refractivity contribution is 0.134. The fourth-order valence-electron chi connectivity index (χ4n) is 3.68. The molecule has 3 rings (SSSR count). The Kier molecular flexibility index (Phi) is 2.73. The van der Waals surface area contributed by atoms with E-state index in [0.717, 1.165) is 5.92 Å².